The lowest BCUT2D eigenvalue weighted by molar-refractivity contribution is -0.605. The highest BCUT2D eigenvalue weighted by molar-refractivity contribution is 5.96. The minimum absolute atomic E-state index is 0.109. The summed E-state index contributed by atoms with van der Waals surface area (Å²) in [7, 11) is 0. The number of aromatic nitrogens is 2. The molecule has 7 nitrogen and oxygen atoms in total. The number of hydrogen-bond acceptors (Lipinski definition) is 3. The van der Waals surface area contributed by atoms with Crippen LogP contribution < -0.4 is 10.0 Å². The van der Waals surface area contributed by atoms with Crippen LogP contribution in [0.1, 0.15) is 15.9 Å². The Kier molecular flexibility index (Phi) is 4.15. The van der Waals surface area contributed by atoms with Crippen LogP contribution in [0.25, 0.3) is 10.9 Å². The number of amides is 1. The Labute approximate surface area is 137 Å². The lowest BCUT2D eigenvalue weighted by atomic mass is 10.0. The number of H-pyrrole nitrogens is 1. The summed E-state index contributed by atoms with van der Waals surface area (Å²) >= 11 is 0. The van der Waals surface area contributed by atoms with E-state index in [1.54, 1.807) is 6.20 Å². The maximum atomic E-state index is 12.2. The molecule has 1 amide bonds. The van der Waals surface area contributed by atoms with Crippen LogP contribution in [0, 0.1) is 5.21 Å². The van der Waals surface area contributed by atoms with Gasteiger partial charge in [-0.1, -0.05) is 18.2 Å². The molecule has 0 saturated heterocycles. The van der Waals surface area contributed by atoms with Gasteiger partial charge in [-0.05, 0) is 17.7 Å². The van der Waals surface area contributed by atoms with Gasteiger partial charge >= 0.3 is 5.97 Å². The van der Waals surface area contributed by atoms with Gasteiger partial charge < -0.3 is 20.6 Å². The molecule has 3 aromatic rings. The second-order valence-electron chi connectivity index (χ2n) is 5.38. The number of nitrogens with zero attached hydrogens (tertiary/aromatic N) is 1. The van der Waals surface area contributed by atoms with E-state index in [0.29, 0.717) is 4.73 Å². The topological polar surface area (TPSA) is 109 Å². The van der Waals surface area contributed by atoms with Gasteiger partial charge in [0.05, 0.1) is 0 Å². The van der Waals surface area contributed by atoms with Crippen molar-refractivity contribution in [2.24, 2.45) is 0 Å². The average Bonchev–Trinajstić information content (AvgIpc) is 2.97. The molecule has 3 rings (SSSR count). The zero-order valence-electron chi connectivity index (χ0n) is 12.6. The van der Waals surface area contributed by atoms with Crippen molar-refractivity contribution in [3.63, 3.8) is 0 Å². The van der Waals surface area contributed by atoms with Gasteiger partial charge in [0.25, 0.3) is 5.91 Å². The van der Waals surface area contributed by atoms with E-state index in [4.69, 9.17) is 0 Å². The van der Waals surface area contributed by atoms with Gasteiger partial charge in [-0.2, -0.15) is 4.73 Å². The van der Waals surface area contributed by atoms with E-state index in [-0.39, 0.29) is 12.0 Å². The number of pyridine rings is 1. The summed E-state index contributed by atoms with van der Waals surface area (Å²) in [5, 5.41) is 24.0. The first-order chi connectivity index (χ1) is 11.5. The first-order valence-electron chi connectivity index (χ1n) is 7.32. The third-order valence-corrected chi connectivity index (χ3v) is 3.74. The summed E-state index contributed by atoms with van der Waals surface area (Å²) in [6.07, 6.45) is 4.22. The molecule has 0 radical (unpaired) electrons. The number of para-hydroxylation sites is 1. The van der Waals surface area contributed by atoms with Gasteiger partial charge in [-0.25, -0.2) is 4.79 Å². The lowest BCUT2D eigenvalue weighted by Gasteiger charge is -2.14. The monoisotopic (exact) mass is 325 g/mol. The number of nitrogens with one attached hydrogen (secondary N) is 2. The number of aliphatic carboxylic acids is 1. The number of fused-ring (bicyclic) bond motifs is 1. The highest BCUT2D eigenvalue weighted by Gasteiger charge is 2.23. The maximum Gasteiger partial charge on any atom is 0.326 e. The van der Waals surface area contributed by atoms with Crippen molar-refractivity contribution in [1.82, 2.24) is 10.3 Å². The van der Waals surface area contributed by atoms with Crippen LogP contribution in [-0.4, -0.2) is 28.0 Å². The Morgan fingerprint density at radius 3 is 2.79 bits per heavy atom. The maximum absolute atomic E-state index is 12.2. The molecular formula is C17H15N3O4. The van der Waals surface area contributed by atoms with Crippen LogP contribution in [0.5, 0.6) is 0 Å². The number of carboxylic acid groups (broad SMARTS) is 1. The molecule has 0 bridgehead atoms. The molecule has 2 aromatic heterocycles. The SMILES string of the molecule is O=C(N[C@@H](Cc1c[nH]c2ccccc12)C(=O)O)c1ccc[n+]([O-])c1. The van der Waals surface area contributed by atoms with E-state index in [1.807, 2.05) is 24.3 Å². The number of benzene rings is 1. The number of carboxylic acids is 1. The molecule has 0 aliphatic heterocycles. The highest BCUT2D eigenvalue weighted by atomic mass is 16.5. The van der Waals surface area contributed by atoms with Gasteiger partial charge in [0.2, 0.25) is 0 Å². The average molecular weight is 325 g/mol. The molecule has 2 heterocycles. The van der Waals surface area contributed by atoms with Crippen LogP contribution >= 0.6 is 0 Å². The fraction of sp³-hybridized carbons (Fsp3) is 0.118. The number of rotatable bonds is 5. The largest absolute Gasteiger partial charge is 0.619 e. The quantitative estimate of drug-likeness (QED) is 0.484. The van der Waals surface area contributed by atoms with Gasteiger partial charge in [-0.3, -0.25) is 4.79 Å². The highest BCUT2D eigenvalue weighted by Crippen LogP contribution is 2.19. The molecule has 24 heavy (non-hydrogen) atoms. The second kappa shape index (κ2) is 6.41. The smallest absolute Gasteiger partial charge is 0.326 e. The Balaban J connectivity index is 1.80. The minimum Gasteiger partial charge on any atom is -0.619 e. The van der Waals surface area contributed by atoms with Crippen LogP contribution in [0.15, 0.2) is 55.0 Å². The molecule has 1 atom stereocenters. The lowest BCUT2D eigenvalue weighted by Crippen LogP contribution is -2.43. The molecule has 3 N–H and O–H groups in total. The predicted octanol–water partition coefficient (Wildman–Crippen LogP) is 1.23. The summed E-state index contributed by atoms with van der Waals surface area (Å²) < 4.78 is 0.490. The molecular weight excluding hydrogens is 310 g/mol. The Morgan fingerprint density at radius 2 is 2.04 bits per heavy atom. The number of hydrogen-bond donors (Lipinski definition) is 3. The molecule has 1 aromatic carbocycles. The summed E-state index contributed by atoms with van der Waals surface area (Å²) in [5.41, 5.74) is 1.81. The van der Waals surface area contributed by atoms with E-state index in [0.717, 1.165) is 22.7 Å². The van der Waals surface area contributed by atoms with Gasteiger partial charge in [0.1, 0.15) is 11.6 Å². The number of aromatic amines is 1. The first-order valence-corrected chi connectivity index (χ1v) is 7.32. The van der Waals surface area contributed by atoms with Crippen molar-refractivity contribution in [3.8, 4) is 0 Å². The molecule has 0 fully saturated rings. The molecule has 0 unspecified atom stereocenters. The van der Waals surface area contributed by atoms with E-state index in [1.165, 1.54) is 18.3 Å². The van der Waals surface area contributed by atoms with Crippen molar-refractivity contribution < 1.29 is 19.4 Å². The van der Waals surface area contributed by atoms with E-state index < -0.39 is 17.9 Å². The predicted molar refractivity (Wildman–Crippen MR) is 86.3 cm³/mol. The molecule has 0 saturated carbocycles. The Morgan fingerprint density at radius 1 is 1.25 bits per heavy atom. The standard InChI is InChI=1S/C17H15N3O4/c21-16(11-4-3-7-20(24)10-11)19-15(17(22)23)8-12-9-18-14-6-2-1-5-13(12)14/h1-7,9-10,15,18H,8H2,(H,19,21)(H,22,23)/t15-/m0/s1. The molecule has 7 heteroatoms. The molecule has 0 spiro atoms. The van der Waals surface area contributed by atoms with Gasteiger partial charge in [0.15, 0.2) is 12.4 Å². The van der Waals surface area contributed by atoms with E-state index in [2.05, 4.69) is 10.3 Å². The van der Waals surface area contributed by atoms with E-state index >= 15 is 0 Å². The van der Waals surface area contributed by atoms with Gasteiger partial charge in [0, 0.05) is 29.6 Å². The summed E-state index contributed by atoms with van der Waals surface area (Å²) in [4.78, 5) is 26.7. The molecule has 0 aliphatic rings. The zero-order valence-corrected chi connectivity index (χ0v) is 12.6. The summed E-state index contributed by atoms with van der Waals surface area (Å²) in [6.45, 7) is 0. The van der Waals surface area contributed by atoms with Gasteiger partial charge in [-0.15, -0.1) is 0 Å². The minimum atomic E-state index is -1.14. The summed E-state index contributed by atoms with van der Waals surface area (Å²) in [6, 6.07) is 9.31. The number of carbonyl (C=O) groups excluding carboxylic acids is 1. The zero-order chi connectivity index (χ0) is 17.1. The van der Waals surface area contributed by atoms with Crippen molar-refractivity contribution in [2.45, 2.75) is 12.5 Å². The van der Waals surface area contributed by atoms with E-state index in [9.17, 15) is 19.9 Å². The molecule has 122 valence electrons. The third-order valence-electron chi connectivity index (χ3n) is 3.74. The number of carbonyl (C=O) groups is 2. The Hall–Kier alpha value is -3.35. The van der Waals surface area contributed by atoms with Crippen LogP contribution in [0.3, 0.4) is 0 Å². The van der Waals surface area contributed by atoms with Crippen LogP contribution in [0.4, 0.5) is 0 Å². The van der Waals surface area contributed by atoms with Crippen molar-refractivity contribution >= 4 is 22.8 Å². The molecule has 0 aliphatic carbocycles. The van der Waals surface area contributed by atoms with Crippen molar-refractivity contribution in [1.29, 1.82) is 0 Å². The first kappa shape index (κ1) is 15.5. The van der Waals surface area contributed by atoms with Crippen molar-refractivity contribution in [2.75, 3.05) is 0 Å². The fourth-order valence-corrected chi connectivity index (χ4v) is 2.55. The fourth-order valence-electron chi connectivity index (χ4n) is 2.55. The summed E-state index contributed by atoms with van der Waals surface area (Å²) in [5.74, 6) is -1.74. The normalized spacial score (nSPS) is 12.0. The van der Waals surface area contributed by atoms with Crippen molar-refractivity contribution in [3.05, 3.63) is 71.3 Å². The van der Waals surface area contributed by atoms with Crippen LogP contribution in [-0.2, 0) is 11.2 Å². The van der Waals surface area contributed by atoms with Crippen LogP contribution in [0.2, 0.25) is 0 Å². The Bertz CT molecular complexity index is 903. The third kappa shape index (κ3) is 3.19. The second-order valence-corrected chi connectivity index (χ2v) is 5.38.